The highest BCUT2D eigenvalue weighted by molar-refractivity contribution is 5.73. The average Bonchev–Trinajstić information content (AvgIpc) is 3.58. The maximum Gasteiger partial charge on any atom is 0.307 e. The highest BCUT2D eigenvalue weighted by Gasteiger charge is 2.75. The fraction of sp³-hybridized carbons (Fsp3) is 0.778. The summed E-state index contributed by atoms with van der Waals surface area (Å²) in [6, 6.07) is 3.87. The van der Waals surface area contributed by atoms with E-state index in [0.29, 0.717) is 31.7 Å². The van der Waals surface area contributed by atoms with Crippen LogP contribution in [-0.4, -0.2) is 62.3 Å². The molecule has 2 aromatic heterocycles. The lowest BCUT2D eigenvalue weighted by Gasteiger charge is -2.74. The molecule has 4 aliphatic carbocycles. The van der Waals surface area contributed by atoms with Crippen LogP contribution in [0.3, 0.4) is 0 Å². The molecule has 0 amide bonds. The lowest BCUT2D eigenvalue weighted by Crippen LogP contribution is -2.73. The fourth-order valence-electron chi connectivity index (χ4n) is 13.1. The number of ether oxygens (including phenoxy) is 2. The van der Waals surface area contributed by atoms with Crippen molar-refractivity contribution in [3.63, 3.8) is 0 Å². The Balaban J connectivity index is 1.38. The summed E-state index contributed by atoms with van der Waals surface area (Å²) in [4.78, 5) is 22.8. The van der Waals surface area contributed by atoms with Crippen LogP contribution >= 0.6 is 0 Å². The molecular formula is C45H69N5O4. The van der Waals surface area contributed by atoms with Crippen molar-refractivity contribution in [3.05, 3.63) is 42.5 Å². The van der Waals surface area contributed by atoms with Crippen LogP contribution < -0.4 is 5.73 Å². The molecule has 1 unspecified atom stereocenters. The second-order valence-corrected chi connectivity index (χ2v) is 21.4. The van der Waals surface area contributed by atoms with Gasteiger partial charge in [0.2, 0.25) is 0 Å². The topological polar surface area (TPSA) is 125 Å². The van der Waals surface area contributed by atoms with Crippen LogP contribution in [0.4, 0.5) is 0 Å². The van der Waals surface area contributed by atoms with E-state index >= 15 is 0 Å². The smallest absolute Gasteiger partial charge is 0.307 e. The molecule has 298 valence electrons. The predicted octanol–water partition coefficient (Wildman–Crippen LogP) is 9.01. The van der Waals surface area contributed by atoms with Gasteiger partial charge < -0.3 is 20.3 Å². The molecule has 9 nitrogen and oxygen atoms in total. The fourth-order valence-corrected chi connectivity index (χ4v) is 13.1. The lowest BCUT2D eigenvalue weighted by atomic mass is 9.31. The van der Waals surface area contributed by atoms with Crippen LogP contribution in [0, 0.1) is 61.6 Å². The molecule has 7 rings (SSSR count). The molecule has 12 atom stereocenters. The van der Waals surface area contributed by atoms with Gasteiger partial charge in [0, 0.05) is 34.3 Å². The van der Waals surface area contributed by atoms with Gasteiger partial charge in [0.15, 0.2) is 5.82 Å². The number of aliphatic carboxylic acids is 1. The predicted molar refractivity (Wildman–Crippen MR) is 212 cm³/mol. The van der Waals surface area contributed by atoms with Crippen molar-refractivity contribution >= 4 is 5.97 Å². The number of carboxylic acids is 1. The summed E-state index contributed by atoms with van der Waals surface area (Å²) in [6.45, 7) is 29.1. The number of nitrogens with two attached hydrogens (primary N) is 1. The molecule has 1 aliphatic heterocycles. The molecule has 3 saturated carbocycles. The Labute approximate surface area is 324 Å². The molecular weight excluding hydrogens is 675 g/mol. The van der Waals surface area contributed by atoms with E-state index < -0.39 is 17.4 Å². The minimum atomic E-state index is -0.627. The zero-order valence-electron chi connectivity index (χ0n) is 35.3. The summed E-state index contributed by atoms with van der Waals surface area (Å²) in [5, 5.41) is 16.2. The van der Waals surface area contributed by atoms with Gasteiger partial charge in [0.1, 0.15) is 6.33 Å². The Morgan fingerprint density at radius 1 is 1.02 bits per heavy atom. The first-order chi connectivity index (χ1) is 25.0. The first-order valence-corrected chi connectivity index (χ1v) is 20.8. The van der Waals surface area contributed by atoms with Gasteiger partial charge in [-0.1, -0.05) is 87.8 Å². The Morgan fingerprint density at radius 2 is 1.70 bits per heavy atom. The van der Waals surface area contributed by atoms with Crippen LogP contribution in [-0.2, 0) is 14.3 Å². The zero-order chi connectivity index (χ0) is 39.5. The van der Waals surface area contributed by atoms with E-state index in [4.69, 9.17) is 25.3 Å². The third-order valence-electron chi connectivity index (χ3n) is 18.2. The lowest BCUT2D eigenvalue weighted by molar-refractivity contribution is -0.292. The third kappa shape index (κ3) is 5.18. The number of carbonyl (C=O) groups is 1. The number of fused-ring (bicyclic) bond motifs is 3. The Bertz CT molecular complexity index is 1780. The molecule has 1 saturated heterocycles. The standard InChI is InChI=1S/C45H69N5O4/c1-28(2)29(3)39(7)19-20-40(8)31-14-18-43(11)42(10)24-53-26-45(43,32(31)13-17-41(40,9)34(39)37(51)52)23-33(35(42)54-25-44(12,46)38(4,5)6)50-36(48-27-49-50)30-15-21-47-22-16-30/h13,15-16,21-22,27-29,31,33-35H,14,17-20,23-26,46H2,1-12H3,(H,51,52)/t29-,31+,33-,34-,35+,39-,40-,41+,42?,43+,44+,45+/m1/s1. The minimum absolute atomic E-state index is 0.137. The highest BCUT2D eigenvalue weighted by atomic mass is 16.5. The molecule has 2 bridgehead atoms. The van der Waals surface area contributed by atoms with E-state index in [1.165, 1.54) is 5.57 Å². The van der Waals surface area contributed by atoms with Crippen LogP contribution in [0.15, 0.2) is 42.5 Å². The maximum absolute atomic E-state index is 13.6. The van der Waals surface area contributed by atoms with Crippen molar-refractivity contribution < 1.29 is 19.4 Å². The van der Waals surface area contributed by atoms with Crippen molar-refractivity contribution in [2.45, 2.75) is 139 Å². The summed E-state index contributed by atoms with van der Waals surface area (Å²) in [5.41, 5.74) is 7.12. The van der Waals surface area contributed by atoms with E-state index in [0.717, 1.165) is 49.9 Å². The van der Waals surface area contributed by atoms with Crippen molar-refractivity contribution in [2.75, 3.05) is 19.8 Å². The molecule has 54 heavy (non-hydrogen) atoms. The van der Waals surface area contributed by atoms with Crippen LogP contribution in [0.25, 0.3) is 11.4 Å². The van der Waals surface area contributed by atoms with E-state index in [1.807, 2.05) is 24.5 Å². The molecule has 2 aromatic rings. The van der Waals surface area contributed by atoms with Crippen molar-refractivity contribution in [1.29, 1.82) is 0 Å². The zero-order valence-corrected chi connectivity index (χ0v) is 35.3. The molecule has 5 aliphatic rings. The largest absolute Gasteiger partial charge is 0.481 e. The summed E-state index contributed by atoms with van der Waals surface area (Å²) in [6.07, 6.45) is 13.1. The van der Waals surface area contributed by atoms with Gasteiger partial charge in [0.05, 0.1) is 37.9 Å². The van der Waals surface area contributed by atoms with Gasteiger partial charge in [-0.25, -0.2) is 9.67 Å². The summed E-state index contributed by atoms with van der Waals surface area (Å²) >= 11 is 0. The molecule has 3 heterocycles. The Morgan fingerprint density at radius 3 is 2.33 bits per heavy atom. The van der Waals surface area contributed by atoms with Gasteiger partial charge in [0.25, 0.3) is 0 Å². The summed E-state index contributed by atoms with van der Waals surface area (Å²) < 4.78 is 16.3. The normalized spacial score (nSPS) is 42.2. The number of hydrogen-bond donors (Lipinski definition) is 2. The quantitative estimate of drug-likeness (QED) is 0.257. The second-order valence-electron chi connectivity index (χ2n) is 21.4. The van der Waals surface area contributed by atoms with Gasteiger partial charge in [-0.3, -0.25) is 9.78 Å². The number of rotatable bonds is 8. The van der Waals surface area contributed by atoms with Crippen molar-refractivity contribution in [1.82, 2.24) is 19.7 Å². The SMILES string of the molecule is CC(C)[C@@H](C)[C@@]1(C)CC[C@]2(C)[C@H]3CC[C@@]4(C)C5(C)COC[C@@]4(C[C@@H](n4ncnc4-c4ccncc4)[C@@H]5OC[C@](C)(N)C(C)(C)C)C3=CC[C@@]2(C)[C@@H]1C(=O)O. The van der Waals surface area contributed by atoms with E-state index in [9.17, 15) is 9.90 Å². The second kappa shape index (κ2) is 12.7. The van der Waals surface area contributed by atoms with Crippen molar-refractivity contribution in [3.8, 4) is 11.4 Å². The minimum Gasteiger partial charge on any atom is -0.481 e. The van der Waals surface area contributed by atoms with Gasteiger partial charge in [-0.05, 0) is 102 Å². The molecule has 9 heteroatoms. The van der Waals surface area contributed by atoms with Gasteiger partial charge >= 0.3 is 5.97 Å². The number of hydrogen-bond acceptors (Lipinski definition) is 7. The van der Waals surface area contributed by atoms with E-state index in [2.05, 4.69) is 98.8 Å². The molecule has 0 spiro atoms. The number of carboxylic acid groups (broad SMARTS) is 1. The first-order valence-electron chi connectivity index (χ1n) is 20.8. The number of allylic oxidation sites excluding steroid dienone is 1. The van der Waals surface area contributed by atoms with Crippen molar-refractivity contribution in [2.24, 2.45) is 67.3 Å². The van der Waals surface area contributed by atoms with E-state index in [1.54, 1.807) is 6.33 Å². The average molecular weight is 744 g/mol. The van der Waals surface area contributed by atoms with Crippen LogP contribution in [0.1, 0.15) is 128 Å². The summed E-state index contributed by atoms with van der Waals surface area (Å²) in [7, 11) is 0. The first kappa shape index (κ1) is 39.6. The number of aromatic nitrogens is 4. The molecule has 0 aromatic carbocycles. The summed E-state index contributed by atoms with van der Waals surface area (Å²) in [5.74, 6) is 0.725. The molecule has 0 radical (unpaired) electrons. The number of pyridine rings is 1. The Hall–Kier alpha value is -2.62. The number of nitrogens with zero attached hydrogens (tertiary/aromatic N) is 4. The maximum atomic E-state index is 13.6. The van der Waals surface area contributed by atoms with Gasteiger partial charge in [-0.15, -0.1) is 0 Å². The van der Waals surface area contributed by atoms with Crippen LogP contribution in [0.2, 0.25) is 0 Å². The molecule has 4 fully saturated rings. The monoisotopic (exact) mass is 744 g/mol. The molecule has 3 N–H and O–H groups in total. The highest BCUT2D eigenvalue weighted by Crippen LogP contribution is 2.78. The van der Waals surface area contributed by atoms with Gasteiger partial charge in [-0.2, -0.15) is 5.10 Å². The van der Waals surface area contributed by atoms with Crippen LogP contribution in [0.5, 0.6) is 0 Å². The third-order valence-corrected chi connectivity index (χ3v) is 18.2. The Kier molecular flexibility index (Phi) is 9.31. The van der Waals surface area contributed by atoms with E-state index in [-0.39, 0.29) is 56.0 Å².